The predicted molar refractivity (Wildman–Crippen MR) is 35.7 cm³/mol. The van der Waals surface area contributed by atoms with Gasteiger partial charge < -0.3 is 0 Å². The number of hydrogen-bond acceptors (Lipinski definition) is 5. The van der Waals surface area contributed by atoms with Gasteiger partial charge in [-0.15, -0.1) is 0 Å². The fourth-order valence-corrected chi connectivity index (χ4v) is 1.43. The van der Waals surface area contributed by atoms with E-state index in [1.165, 1.54) is 0 Å². The van der Waals surface area contributed by atoms with Crippen LogP contribution in [-0.2, 0) is 35.3 Å². The number of hydrogen-bond donors (Lipinski definition) is 1. The van der Waals surface area contributed by atoms with E-state index in [1.807, 2.05) is 0 Å². The lowest BCUT2D eigenvalue weighted by molar-refractivity contribution is 0.153. The van der Waals surface area contributed by atoms with Crippen molar-refractivity contribution in [1.29, 1.82) is 0 Å². The highest BCUT2D eigenvalue weighted by Gasteiger charge is 2.24. The molecule has 3 atom stereocenters. The summed E-state index contributed by atoms with van der Waals surface area (Å²) in [6.45, 7) is 0.0126. The summed E-state index contributed by atoms with van der Waals surface area (Å²) in [5, 5.41) is 0. The van der Waals surface area contributed by atoms with Gasteiger partial charge in [0.25, 0.3) is 0 Å². The maximum absolute atomic E-state index is 10.4. The van der Waals surface area contributed by atoms with E-state index in [2.05, 4.69) is 12.5 Å². The molecule has 1 aliphatic rings. The lowest BCUT2D eigenvalue weighted by atomic mass is 10.4. The quantitative estimate of drug-likeness (QED) is 0.599. The summed E-state index contributed by atoms with van der Waals surface area (Å²) in [6.07, 6.45) is -0.521. The van der Waals surface area contributed by atoms with Crippen LogP contribution in [0, 0.1) is 0 Å². The van der Waals surface area contributed by atoms with Crippen molar-refractivity contribution in [3.8, 4) is 0 Å². The molecule has 6 nitrogen and oxygen atoms in total. The van der Waals surface area contributed by atoms with Gasteiger partial charge in [0, 0.05) is 0 Å². The van der Waals surface area contributed by atoms with Gasteiger partial charge in [-0.2, -0.15) is 8.42 Å². The Labute approximate surface area is 68.2 Å². The Hall–Kier alpha value is 0.140. The Bertz CT molecular complexity index is 181. The van der Waals surface area contributed by atoms with Crippen LogP contribution in [0.25, 0.3) is 0 Å². The zero-order valence-corrected chi connectivity index (χ0v) is 6.93. The SMILES string of the molecule is O=S(O)OCC1COS(=O)O1. The molecular weight excluding hydrogens is 196 g/mol. The predicted octanol–water partition coefficient (Wildman–Crippen LogP) is -0.866. The summed E-state index contributed by atoms with van der Waals surface area (Å²) < 4.78 is 41.8. The van der Waals surface area contributed by atoms with Gasteiger partial charge >= 0.3 is 22.7 Å². The van der Waals surface area contributed by atoms with Gasteiger partial charge in [0.05, 0.1) is 13.2 Å². The summed E-state index contributed by atoms with van der Waals surface area (Å²) in [4.78, 5) is 0. The van der Waals surface area contributed by atoms with Crippen LogP contribution >= 0.6 is 0 Å². The van der Waals surface area contributed by atoms with E-state index in [4.69, 9.17) is 4.55 Å². The molecule has 1 N–H and O–H groups in total. The Morgan fingerprint density at radius 2 is 2.55 bits per heavy atom. The van der Waals surface area contributed by atoms with Gasteiger partial charge in [0.15, 0.2) is 0 Å². The van der Waals surface area contributed by atoms with Gasteiger partial charge in [-0.05, 0) is 0 Å². The van der Waals surface area contributed by atoms with Crippen LogP contribution in [0.2, 0.25) is 0 Å². The third-order valence-electron chi connectivity index (χ3n) is 0.920. The molecule has 3 unspecified atom stereocenters. The normalized spacial score (nSPS) is 33.9. The Morgan fingerprint density at radius 1 is 1.82 bits per heavy atom. The van der Waals surface area contributed by atoms with Crippen LogP contribution < -0.4 is 0 Å². The van der Waals surface area contributed by atoms with Crippen LogP contribution in [-0.4, -0.2) is 32.3 Å². The van der Waals surface area contributed by atoms with E-state index in [0.717, 1.165) is 0 Å². The van der Waals surface area contributed by atoms with Gasteiger partial charge in [0.2, 0.25) is 0 Å². The Kier molecular flexibility index (Phi) is 3.55. The lowest BCUT2D eigenvalue weighted by Gasteiger charge is -2.01. The first-order chi connectivity index (χ1) is 5.18. The first-order valence-electron chi connectivity index (χ1n) is 2.65. The summed E-state index contributed by atoms with van der Waals surface area (Å²) in [6, 6.07) is 0. The van der Waals surface area contributed by atoms with Crippen LogP contribution in [0.4, 0.5) is 0 Å². The van der Waals surface area contributed by atoms with E-state index in [1.54, 1.807) is 0 Å². The maximum Gasteiger partial charge on any atom is 0.305 e. The second kappa shape index (κ2) is 4.24. The van der Waals surface area contributed by atoms with Crippen molar-refractivity contribution in [2.75, 3.05) is 13.2 Å². The standard InChI is InChI=1S/C3H6O6S2/c4-10(5)7-1-3-2-8-11(6)9-3/h3H,1-2H2,(H,4,5). The van der Waals surface area contributed by atoms with Crippen LogP contribution in [0.3, 0.4) is 0 Å². The van der Waals surface area contributed by atoms with Crippen molar-refractivity contribution >= 4 is 22.7 Å². The minimum atomic E-state index is -2.31. The molecule has 0 aromatic carbocycles. The fraction of sp³-hybridized carbons (Fsp3) is 1.00. The molecule has 1 saturated heterocycles. The topological polar surface area (TPSA) is 82.1 Å². The highest BCUT2D eigenvalue weighted by atomic mass is 32.2. The van der Waals surface area contributed by atoms with Gasteiger partial charge in [0.1, 0.15) is 6.10 Å². The smallest absolute Gasteiger partial charge is 0.284 e. The monoisotopic (exact) mass is 202 g/mol. The zero-order chi connectivity index (χ0) is 8.27. The van der Waals surface area contributed by atoms with Crippen molar-refractivity contribution in [2.45, 2.75) is 6.10 Å². The molecule has 1 rings (SSSR count). The molecule has 1 aliphatic heterocycles. The maximum atomic E-state index is 10.4. The van der Waals surface area contributed by atoms with E-state index in [9.17, 15) is 8.42 Å². The molecule has 0 amide bonds. The molecule has 0 aromatic heterocycles. The summed E-state index contributed by atoms with van der Waals surface area (Å²) in [5.74, 6) is 0. The van der Waals surface area contributed by atoms with Crippen LogP contribution in [0.5, 0.6) is 0 Å². The molecule has 0 aliphatic carbocycles. The third kappa shape index (κ3) is 3.36. The van der Waals surface area contributed by atoms with Crippen LogP contribution in [0.15, 0.2) is 0 Å². The minimum absolute atomic E-state index is 0.102. The molecule has 8 heteroatoms. The van der Waals surface area contributed by atoms with Crippen LogP contribution in [0.1, 0.15) is 0 Å². The van der Waals surface area contributed by atoms with E-state index in [0.29, 0.717) is 0 Å². The Balaban J connectivity index is 2.18. The summed E-state index contributed by atoms with van der Waals surface area (Å²) in [7, 11) is 0. The van der Waals surface area contributed by atoms with Gasteiger partial charge in [-0.25, -0.2) is 0 Å². The molecule has 0 aromatic rings. The molecule has 0 spiro atoms. The average molecular weight is 202 g/mol. The molecule has 0 saturated carbocycles. The molecule has 0 radical (unpaired) electrons. The summed E-state index contributed by atoms with van der Waals surface area (Å²) >= 11 is -4.04. The first kappa shape index (κ1) is 9.23. The first-order valence-corrected chi connectivity index (χ1v) is 4.68. The van der Waals surface area contributed by atoms with Crippen molar-refractivity contribution < 1.29 is 25.5 Å². The second-order valence-electron chi connectivity index (χ2n) is 1.71. The summed E-state index contributed by atoms with van der Waals surface area (Å²) in [5.41, 5.74) is 0. The number of rotatable bonds is 3. The van der Waals surface area contributed by atoms with Crippen molar-refractivity contribution in [1.82, 2.24) is 0 Å². The minimum Gasteiger partial charge on any atom is -0.284 e. The lowest BCUT2D eigenvalue weighted by Crippen LogP contribution is -2.18. The molecule has 0 bridgehead atoms. The van der Waals surface area contributed by atoms with E-state index in [-0.39, 0.29) is 13.2 Å². The largest absolute Gasteiger partial charge is 0.305 e. The zero-order valence-electron chi connectivity index (χ0n) is 5.30. The fourth-order valence-electron chi connectivity index (χ4n) is 0.508. The molecule has 1 fully saturated rings. The van der Waals surface area contributed by atoms with Gasteiger partial charge in [-0.1, -0.05) is 0 Å². The highest BCUT2D eigenvalue weighted by Crippen LogP contribution is 2.08. The molecule has 11 heavy (non-hydrogen) atoms. The average Bonchev–Trinajstić information content (AvgIpc) is 2.31. The van der Waals surface area contributed by atoms with Crippen molar-refractivity contribution in [3.05, 3.63) is 0 Å². The molecular formula is C3H6O6S2. The third-order valence-corrected chi connectivity index (χ3v) is 2.02. The second-order valence-corrected chi connectivity index (χ2v) is 3.21. The highest BCUT2D eigenvalue weighted by molar-refractivity contribution is 7.75. The molecule has 1 heterocycles. The van der Waals surface area contributed by atoms with Gasteiger partial charge in [-0.3, -0.25) is 17.1 Å². The van der Waals surface area contributed by atoms with E-state index >= 15 is 0 Å². The molecule has 66 valence electrons. The van der Waals surface area contributed by atoms with Crippen molar-refractivity contribution in [3.63, 3.8) is 0 Å². The van der Waals surface area contributed by atoms with E-state index < -0.39 is 28.8 Å². The van der Waals surface area contributed by atoms with Crippen molar-refractivity contribution in [2.24, 2.45) is 0 Å². The Morgan fingerprint density at radius 3 is 3.00 bits per heavy atom.